The smallest absolute Gasteiger partial charge is 0.267 e. The number of nitrogens with one attached hydrogen (secondary N) is 1. The van der Waals surface area contributed by atoms with Crippen LogP contribution in [-0.2, 0) is 11.2 Å². The minimum absolute atomic E-state index is 0.138. The number of fused-ring (bicyclic) bond motifs is 1. The van der Waals surface area contributed by atoms with E-state index >= 15 is 0 Å². The molecule has 1 amide bonds. The van der Waals surface area contributed by atoms with Crippen molar-refractivity contribution in [2.75, 3.05) is 18.4 Å². The maximum atomic E-state index is 13.5. The second kappa shape index (κ2) is 11.6. The largest absolute Gasteiger partial charge is 0.369 e. The predicted octanol–water partition coefficient (Wildman–Crippen LogP) is 5.44. The van der Waals surface area contributed by atoms with E-state index < -0.39 is 0 Å². The summed E-state index contributed by atoms with van der Waals surface area (Å²) in [6, 6.07) is 13.9. The standard InChI is InChI=1S/C27H30N4O2S2/c1-3-4-5-9-16-30-26(33)22(35-27(30)34)17-21-24(28-15-14-20-10-7-6-8-11-20)29-23-13-12-19(2)18-31(23)25(21)32/h6-8,10-13,17-18,28H,3-5,9,14-16H2,1-2H3. The third kappa shape index (κ3) is 6.00. The highest BCUT2D eigenvalue weighted by Gasteiger charge is 2.32. The van der Waals surface area contributed by atoms with Crippen molar-refractivity contribution in [3.05, 3.63) is 80.6 Å². The summed E-state index contributed by atoms with van der Waals surface area (Å²) in [7, 11) is 0. The first-order valence-corrected chi connectivity index (χ1v) is 13.3. The van der Waals surface area contributed by atoms with E-state index in [1.807, 2.05) is 37.3 Å². The molecule has 182 valence electrons. The van der Waals surface area contributed by atoms with Crippen LogP contribution in [0.2, 0.25) is 0 Å². The molecule has 0 saturated carbocycles. The first-order chi connectivity index (χ1) is 17.0. The fraction of sp³-hybridized carbons (Fsp3) is 0.333. The Balaban J connectivity index is 1.64. The lowest BCUT2D eigenvalue weighted by Crippen LogP contribution is -2.29. The molecule has 6 nitrogen and oxygen atoms in total. The van der Waals surface area contributed by atoms with Crippen LogP contribution in [0.25, 0.3) is 11.7 Å². The number of unbranched alkanes of at least 4 members (excludes halogenated alkanes) is 3. The number of aryl methyl sites for hydroxylation is 1. The van der Waals surface area contributed by atoms with Gasteiger partial charge in [0.15, 0.2) is 0 Å². The molecule has 1 fully saturated rings. The van der Waals surface area contributed by atoms with Gasteiger partial charge in [0.05, 0.1) is 10.5 Å². The van der Waals surface area contributed by atoms with Crippen LogP contribution in [0.5, 0.6) is 0 Å². The number of nitrogens with zero attached hydrogens (tertiary/aromatic N) is 3. The highest BCUT2D eigenvalue weighted by Crippen LogP contribution is 2.33. The van der Waals surface area contributed by atoms with Gasteiger partial charge in [0.1, 0.15) is 15.8 Å². The molecule has 0 spiro atoms. The zero-order valence-corrected chi connectivity index (χ0v) is 21.8. The van der Waals surface area contributed by atoms with Crippen molar-refractivity contribution in [3.63, 3.8) is 0 Å². The molecule has 1 aliphatic heterocycles. The van der Waals surface area contributed by atoms with Crippen molar-refractivity contribution in [1.82, 2.24) is 14.3 Å². The van der Waals surface area contributed by atoms with Crippen LogP contribution in [0.3, 0.4) is 0 Å². The summed E-state index contributed by atoms with van der Waals surface area (Å²) >= 11 is 6.74. The first kappa shape index (κ1) is 25.1. The Labute approximate surface area is 215 Å². The van der Waals surface area contributed by atoms with Crippen LogP contribution in [0, 0.1) is 6.92 Å². The molecule has 0 aliphatic carbocycles. The van der Waals surface area contributed by atoms with E-state index in [1.54, 1.807) is 17.2 Å². The second-order valence-corrected chi connectivity index (χ2v) is 10.3. The monoisotopic (exact) mass is 506 g/mol. The van der Waals surface area contributed by atoms with Crippen LogP contribution in [0.4, 0.5) is 5.82 Å². The highest BCUT2D eigenvalue weighted by molar-refractivity contribution is 8.26. The third-order valence-corrected chi connectivity index (χ3v) is 7.32. The van der Waals surface area contributed by atoms with Crippen LogP contribution in [0.1, 0.15) is 49.3 Å². The van der Waals surface area contributed by atoms with Gasteiger partial charge in [-0.1, -0.05) is 86.6 Å². The molecular weight excluding hydrogens is 476 g/mol. The van der Waals surface area contributed by atoms with E-state index in [9.17, 15) is 9.59 Å². The number of aromatic nitrogens is 2. The van der Waals surface area contributed by atoms with Gasteiger partial charge in [0.25, 0.3) is 11.5 Å². The summed E-state index contributed by atoms with van der Waals surface area (Å²) in [5, 5.41) is 3.33. The normalized spacial score (nSPS) is 14.9. The molecule has 1 N–H and O–H groups in total. The lowest BCUT2D eigenvalue weighted by molar-refractivity contribution is -0.122. The van der Waals surface area contributed by atoms with Gasteiger partial charge in [-0.2, -0.15) is 0 Å². The molecule has 2 aromatic heterocycles. The molecule has 0 unspecified atom stereocenters. The molecular formula is C27H30N4O2S2. The van der Waals surface area contributed by atoms with Crippen LogP contribution < -0.4 is 10.9 Å². The summed E-state index contributed by atoms with van der Waals surface area (Å²) in [6.45, 7) is 5.31. The van der Waals surface area contributed by atoms with Gasteiger partial charge in [0, 0.05) is 19.3 Å². The number of thiocarbonyl (C=S) groups is 1. The Hall–Kier alpha value is -2.97. The van der Waals surface area contributed by atoms with Gasteiger partial charge < -0.3 is 5.32 Å². The van der Waals surface area contributed by atoms with E-state index in [0.717, 1.165) is 37.7 Å². The summed E-state index contributed by atoms with van der Waals surface area (Å²) in [5.74, 6) is 0.337. The fourth-order valence-electron chi connectivity index (χ4n) is 4.01. The molecule has 3 heterocycles. The Bertz CT molecular complexity index is 1320. The Morgan fingerprint density at radius 3 is 2.66 bits per heavy atom. The van der Waals surface area contributed by atoms with E-state index in [1.165, 1.54) is 21.7 Å². The van der Waals surface area contributed by atoms with Crippen molar-refractivity contribution in [2.45, 2.75) is 46.0 Å². The van der Waals surface area contributed by atoms with E-state index in [4.69, 9.17) is 17.2 Å². The molecule has 0 bridgehead atoms. The molecule has 1 saturated heterocycles. The number of thioether (sulfide) groups is 1. The van der Waals surface area contributed by atoms with E-state index in [-0.39, 0.29) is 11.5 Å². The van der Waals surface area contributed by atoms with Gasteiger partial charge in [-0.15, -0.1) is 0 Å². The number of pyridine rings is 1. The van der Waals surface area contributed by atoms with Gasteiger partial charge in [-0.3, -0.25) is 18.9 Å². The van der Waals surface area contributed by atoms with Crippen molar-refractivity contribution in [1.29, 1.82) is 0 Å². The molecule has 35 heavy (non-hydrogen) atoms. The van der Waals surface area contributed by atoms with Gasteiger partial charge in [0.2, 0.25) is 0 Å². The average molecular weight is 507 g/mol. The summed E-state index contributed by atoms with van der Waals surface area (Å²) in [4.78, 5) is 33.5. The summed E-state index contributed by atoms with van der Waals surface area (Å²) in [6.07, 6.45) is 8.47. The topological polar surface area (TPSA) is 66.7 Å². The molecule has 8 heteroatoms. The second-order valence-electron chi connectivity index (χ2n) is 8.67. The predicted molar refractivity (Wildman–Crippen MR) is 149 cm³/mol. The average Bonchev–Trinajstić information content (AvgIpc) is 3.12. The lowest BCUT2D eigenvalue weighted by Gasteiger charge is -2.14. The SMILES string of the molecule is CCCCCCN1C(=O)C(=Cc2c(NCCc3ccccc3)nc3ccc(C)cn3c2=O)SC1=S. The summed E-state index contributed by atoms with van der Waals surface area (Å²) in [5.41, 5.74) is 2.86. The van der Waals surface area contributed by atoms with E-state index in [2.05, 4.69) is 24.4 Å². The van der Waals surface area contributed by atoms with Crippen LogP contribution >= 0.6 is 24.0 Å². The zero-order valence-electron chi connectivity index (χ0n) is 20.1. The number of benzene rings is 1. The van der Waals surface area contributed by atoms with Crippen molar-refractivity contribution in [3.8, 4) is 0 Å². The number of hydrogen-bond acceptors (Lipinski definition) is 6. The van der Waals surface area contributed by atoms with Crippen LogP contribution in [0.15, 0.2) is 58.4 Å². The van der Waals surface area contributed by atoms with Crippen molar-refractivity contribution >= 4 is 51.7 Å². The minimum atomic E-state index is -0.214. The maximum Gasteiger partial charge on any atom is 0.267 e. The molecule has 4 rings (SSSR count). The van der Waals surface area contributed by atoms with Crippen LogP contribution in [-0.4, -0.2) is 37.6 Å². The highest BCUT2D eigenvalue weighted by atomic mass is 32.2. The Morgan fingerprint density at radius 1 is 1.09 bits per heavy atom. The van der Waals surface area contributed by atoms with Crippen molar-refractivity contribution < 1.29 is 4.79 Å². The summed E-state index contributed by atoms with van der Waals surface area (Å²) < 4.78 is 2.08. The molecule has 3 aromatic rings. The molecule has 1 aliphatic rings. The molecule has 1 aromatic carbocycles. The molecule has 0 atom stereocenters. The van der Waals surface area contributed by atoms with Gasteiger partial charge in [-0.25, -0.2) is 4.98 Å². The first-order valence-electron chi connectivity index (χ1n) is 12.0. The van der Waals surface area contributed by atoms with Gasteiger partial charge >= 0.3 is 0 Å². The van der Waals surface area contributed by atoms with Crippen molar-refractivity contribution in [2.24, 2.45) is 0 Å². The number of amides is 1. The Kier molecular flexibility index (Phi) is 8.36. The molecule has 0 radical (unpaired) electrons. The number of carbonyl (C=O) groups excluding carboxylic acids is 1. The zero-order chi connectivity index (χ0) is 24.8. The number of rotatable bonds is 10. The lowest BCUT2D eigenvalue weighted by atomic mass is 10.1. The quantitative estimate of drug-likeness (QED) is 0.224. The van der Waals surface area contributed by atoms with Gasteiger partial charge in [-0.05, 0) is 43.0 Å². The Morgan fingerprint density at radius 2 is 1.89 bits per heavy atom. The number of carbonyl (C=O) groups is 1. The third-order valence-electron chi connectivity index (χ3n) is 5.94. The minimum Gasteiger partial charge on any atom is -0.369 e. The maximum absolute atomic E-state index is 13.5. The fourth-order valence-corrected chi connectivity index (χ4v) is 5.30. The van der Waals surface area contributed by atoms with E-state index in [0.29, 0.717) is 39.3 Å². The number of anilines is 1. The number of hydrogen-bond donors (Lipinski definition) is 1.